The Morgan fingerprint density at radius 2 is 2.39 bits per heavy atom. The summed E-state index contributed by atoms with van der Waals surface area (Å²) in [6, 6.07) is 0. The summed E-state index contributed by atoms with van der Waals surface area (Å²) in [6.07, 6.45) is 0.545. The van der Waals surface area contributed by atoms with Gasteiger partial charge in [-0.3, -0.25) is 10.1 Å². The molecular formula is C10H13N5O2S. The quantitative estimate of drug-likeness (QED) is 0.763. The van der Waals surface area contributed by atoms with Crippen LogP contribution in [0.3, 0.4) is 0 Å². The number of rotatable bonds is 6. The highest BCUT2D eigenvalue weighted by atomic mass is 32.1. The summed E-state index contributed by atoms with van der Waals surface area (Å²) in [5.41, 5.74) is 5.92. The normalized spacial score (nSPS) is 10.7. The van der Waals surface area contributed by atoms with Crippen molar-refractivity contribution in [2.45, 2.75) is 19.9 Å². The van der Waals surface area contributed by atoms with Gasteiger partial charge in [0.25, 0.3) is 0 Å². The molecule has 18 heavy (non-hydrogen) atoms. The number of nitrogens with one attached hydrogen (secondary N) is 1. The molecule has 0 spiro atoms. The van der Waals surface area contributed by atoms with Gasteiger partial charge in [0.15, 0.2) is 5.82 Å². The Bertz CT molecular complexity index is 536. The van der Waals surface area contributed by atoms with Gasteiger partial charge in [-0.15, -0.1) is 11.3 Å². The summed E-state index contributed by atoms with van der Waals surface area (Å²) in [7, 11) is 0. The fraction of sp³-hybridized carbons (Fsp3) is 0.400. The van der Waals surface area contributed by atoms with Crippen LogP contribution in [-0.4, -0.2) is 27.6 Å². The number of hydrogen-bond donors (Lipinski definition) is 2. The number of thiazole rings is 1. The Morgan fingerprint density at radius 3 is 3.06 bits per heavy atom. The van der Waals surface area contributed by atoms with Crippen molar-refractivity contribution < 1.29 is 9.32 Å². The van der Waals surface area contributed by atoms with E-state index in [0.29, 0.717) is 24.7 Å². The molecule has 0 aliphatic heterocycles. The van der Waals surface area contributed by atoms with Crippen LogP contribution in [0.25, 0.3) is 0 Å². The number of carbonyl (C=O) groups is 1. The van der Waals surface area contributed by atoms with Crippen molar-refractivity contribution in [1.82, 2.24) is 20.4 Å². The molecule has 0 aliphatic carbocycles. The highest BCUT2D eigenvalue weighted by Crippen LogP contribution is 2.11. The molecule has 8 heteroatoms. The van der Waals surface area contributed by atoms with Crippen LogP contribution in [0.15, 0.2) is 9.90 Å². The molecule has 1 amide bonds. The molecule has 2 aromatic rings. The first-order chi connectivity index (χ1) is 8.63. The molecule has 96 valence electrons. The predicted octanol–water partition coefficient (Wildman–Crippen LogP) is 0.000220. The van der Waals surface area contributed by atoms with Crippen molar-refractivity contribution in [1.29, 1.82) is 0 Å². The Hall–Kier alpha value is -1.80. The van der Waals surface area contributed by atoms with Crippen LogP contribution in [-0.2, 0) is 17.8 Å². The predicted molar refractivity (Wildman–Crippen MR) is 64.9 cm³/mol. The molecule has 2 rings (SSSR count). The molecular weight excluding hydrogens is 254 g/mol. The summed E-state index contributed by atoms with van der Waals surface area (Å²) < 4.78 is 5.03. The fourth-order valence-corrected chi connectivity index (χ4v) is 1.99. The van der Waals surface area contributed by atoms with E-state index in [1.165, 1.54) is 0 Å². The molecule has 2 aromatic heterocycles. The molecule has 0 saturated carbocycles. The lowest BCUT2D eigenvalue weighted by atomic mass is 10.3. The Labute approximate surface area is 107 Å². The van der Waals surface area contributed by atoms with E-state index in [1.54, 1.807) is 11.3 Å². The van der Waals surface area contributed by atoms with E-state index in [4.69, 9.17) is 10.3 Å². The maximum Gasteiger partial charge on any atom is 0.240 e. The summed E-state index contributed by atoms with van der Waals surface area (Å²) in [4.78, 5) is 19.0. The number of amides is 1. The van der Waals surface area contributed by atoms with Gasteiger partial charge in [0.1, 0.15) is 0 Å². The first-order valence-corrected chi connectivity index (χ1v) is 6.23. The second-order valence-electron chi connectivity index (χ2n) is 3.71. The second-order valence-corrected chi connectivity index (χ2v) is 4.77. The lowest BCUT2D eigenvalue weighted by molar-refractivity contribution is -0.117. The minimum Gasteiger partial charge on any atom is -0.369 e. The molecule has 0 unspecified atom stereocenters. The smallest absolute Gasteiger partial charge is 0.240 e. The van der Waals surface area contributed by atoms with E-state index >= 15 is 0 Å². The number of nitrogens with zero attached hydrogens (tertiary/aromatic N) is 3. The van der Waals surface area contributed by atoms with E-state index < -0.39 is 5.91 Å². The zero-order chi connectivity index (χ0) is 13.0. The summed E-state index contributed by atoms with van der Waals surface area (Å²) in [6.45, 7) is 2.36. The van der Waals surface area contributed by atoms with Gasteiger partial charge >= 0.3 is 0 Å². The van der Waals surface area contributed by atoms with Crippen LogP contribution < -0.4 is 11.1 Å². The Kier molecular flexibility index (Phi) is 4.00. The number of aryl methyl sites for hydroxylation is 1. The van der Waals surface area contributed by atoms with Crippen LogP contribution in [0.5, 0.6) is 0 Å². The number of hydrogen-bond acceptors (Lipinski definition) is 7. The van der Waals surface area contributed by atoms with E-state index in [1.807, 2.05) is 12.3 Å². The first kappa shape index (κ1) is 12.7. The number of carbonyl (C=O) groups excluding carboxylic acids is 1. The largest absolute Gasteiger partial charge is 0.369 e. The number of nitrogens with two attached hydrogens (primary N) is 1. The topological polar surface area (TPSA) is 107 Å². The molecule has 0 atom stereocenters. The lowest BCUT2D eigenvalue weighted by Crippen LogP contribution is -2.28. The van der Waals surface area contributed by atoms with E-state index in [-0.39, 0.29) is 6.54 Å². The second kappa shape index (κ2) is 5.69. The first-order valence-electron chi connectivity index (χ1n) is 5.35. The molecule has 3 N–H and O–H groups in total. The van der Waals surface area contributed by atoms with Gasteiger partial charge in [-0.2, -0.15) is 4.98 Å². The molecule has 0 aliphatic rings. The van der Waals surface area contributed by atoms with Gasteiger partial charge in [0.2, 0.25) is 11.8 Å². The Balaban J connectivity index is 1.88. The van der Waals surface area contributed by atoms with Crippen LogP contribution in [0.1, 0.15) is 22.4 Å². The lowest BCUT2D eigenvalue weighted by Gasteiger charge is -1.95. The van der Waals surface area contributed by atoms with Gasteiger partial charge in [-0.1, -0.05) is 5.16 Å². The van der Waals surface area contributed by atoms with E-state index in [2.05, 4.69) is 20.4 Å². The zero-order valence-electron chi connectivity index (χ0n) is 9.84. The van der Waals surface area contributed by atoms with Gasteiger partial charge < -0.3 is 10.3 Å². The van der Waals surface area contributed by atoms with Crippen molar-refractivity contribution >= 4 is 17.2 Å². The standard InChI is InChI=1S/C10H13N5O2S/c1-6-13-7(5-18-6)2-9-14-10(17-15-9)4-12-3-8(11)16/h5,12H,2-4H2,1H3,(H2,11,16). The monoisotopic (exact) mass is 267 g/mol. The number of aromatic nitrogens is 3. The third-order valence-corrected chi connectivity index (χ3v) is 2.91. The molecule has 0 fully saturated rings. The average Bonchev–Trinajstić information content (AvgIpc) is 2.89. The SMILES string of the molecule is Cc1nc(Cc2noc(CNCC(N)=O)n2)cs1. The van der Waals surface area contributed by atoms with Crippen molar-refractivity contribution in [2.24, 2.45) is 5.73 Å². The van der Waals surface area contributed by atoms with E-state index in [0.717, 1.165) is 10.7 Å². The van der Waals surface area contributed by atoms with Crippen molar-refractivity contribution in [3.8, 4) is 0 Å². The van der Waals surface area contributed by atoms with Crippen LogP contribution >= 0.6 is 11.3 Å². The molecule has 0 bridgehead atoms. The fourth-order valence-electron chi connectivity index (χ4n) is 1.38. The summed E-state index contributed by atoms with van der Waals surface area (Å²) in [5.74, 6) is 0.585. The molecule has 7 nitrogen and oxygen atoms in total. The minimum absolute atomic E-state index is 0.0863. The van der Waals surface area contributed by atoms with Crippen molar-refractivity contribution in [2.75, 3.05) is 6.54 Å². The molecule has 0 saturated heterocycles. The summed E-state index contributed by atoms with van der Waals surface area (Å²) >= 11 is 1.59. The summed E-state index contributed by atoms with van der Waals surface area (Å²) in [5, 5.41) is 9.62. The van der Waals surface area contributed by atoms with Gasteiger partial charge in [-0.05, 0) is 6.92 Å². The molecule has 0 aromatic carbocycles. The van der Waals surface area contributed by atoms with Crippen molar-refractivity contribution in [3.05, 3.63) is 27.8 Å². The maximum absolute atomic E-state index is 10.5. The Morgan fingerprint density at radius 1 is 1.56 bits per heavy atom. The highest BCUT2D eigenvalue weighted by molar-refractivity contribution is 7.09. The number of primary amides is 1. The van der Waals surface area contributed by atoms with Gasteiger partial charge in [-0.25, -0.2) is 4.98 Å². The maximum atomic E-state index is 10.5. The molecule has 2 heterocycles. The van der Waals surface area contributed by atoms with Gasteiger partial charge in [0, 0.05) is 5.38 Å². The highest BCUT2D eigenvalue weighted by Gasteiger charge is 2.08. The van der Waals surface area contributed by atoms with Crippen LogP contribution in [0.2, 0.25) is 0 Å². The third kappa shape index (κ3) is 3.60. The average molecular weight is 267 g/mol. The minimum atomic E-state index is -0.423. The van der Waals surface area contributed by atoms with Crippen LogP contribution in [0.4, 0.5) is 0 Å². The third-order valence-electron chi connectivity index (χ3n) is 2.09. The van der Waals surface area contributed by atoms with E-state index in [9.17, 15) is 4.79 Å². The zero-order valence-corrected chi connectivity index (χ0v) is 10.7. The van der Waals surface area contributed by atoms with Crippen LogP contribution in [0, 0.1) is 6.92 Å². The van der Waals surface area contributed by atoms with Crippen molar-refractivity contribution in [3.63, 3.8) is 0 Å². The molecule has 0 radical (unpaired) electrons. The van der Waals surface area contributed by atoms with Gasteiger partial charge in [0.05, 0.1) is 30.2 Å².